The molecule has 0 aliphatic carbocycles. The van der Waals surface area contributed by atoms with Crippen LogP contribution in [0.4, 0.5) is 0 Å². The van der Waals surface area contributed by atoms with Crippen molar-refractivity contribution >= 4 is 21.4 Å². The van der Waals surface area contributed by atoms with Crippen LogP contribution in [0.1, 0.15) is 29.2 Å². The summed E-state index contributed by atoms with van der Waals surface area (Å²) in [5.74, 6) is 0.0238. The van der Waals surface area contributed by atoms with E-state index in [9.17, 15) is 18.6 Å². The molecule has 4 aromatic carbocycles. The highest BCUT2D eigenvalue weighted by molar-refractivity contribution is 7.91. The van der Waals surface area contributed by atoms with Crippen LogP contribution >= 0.6 is 11.6 Å². The number of aromatic hydroxyl groups is 1. The fourth-order valence-corrected chi connectivity index (χ4v) is 5.70. The van der Waals surface area contributed by atoms with Crippen molar-refractivity contribution in [2.75, 3.05) is 13.1 Å². The molecule has 0 spiro atoms. The smallest absolute Gasteiger partial charge is 0.206 e. The maximum absolute atomic E-state index is 12.9. The molecule has 0 aliphatic rings. The second-order valence-electron chi connectivity index (χ2n) is 9.04. The summed E-state index contributed by atoms with van der Waals surface area (Å²) >= 11 is 6.11. The molecule has 1 unspecified atom stereocenters. The number of phenolic OH excluding ortho intramolecular Hbond substituents is 1. The Bertz CT molecular complexity index is 1390. The van der Waals surface area contributed by atoms with Gasteiger partial charge < -0.3 is 10.2 Å². The Morgan fingerprint density at radius 2 is 1.43 bits per heavy atom. The van der Waals surface area contributed by atoms with Gasteiger partial charge in [0.15, 0.2) is 0 Å². The molecule has 0 saturated carbocycles. The van der Waals surface area contributed by atoms with E-state index >= 15 is 0 Å². The predicted molar refractivity (Wildman–Crippen MR) is 146 cm³/mol. The van der Waals surface area contributed by atoms with Gasteiger partial charge in [-0.25, -0.2) is 8.42 Å². The van der Waals surface area contributed by atoms with Crippen molar-refractivity contribution < 1.29 is 18.6 Å². The SMILES string of the molecule is O=S(=O)(c1ccc(O)cc1)c1ccc(CCCN(Cc2ccccc2)CC(O)c2cccc(Cl)c2)cc1. The minimum atomic E-state index is -3.64. The number of hydrogen-bond donors (Lipinski definition) is 2. The number of phenols is 1. The molecule has 0 heterocycles. The first-order valence-electron chi connectivity index (χ1n) is 12.1. The van der Waals surface area contributed by atoms with E-state index in [4.69, 9.17) is 11.6 Å². The third-order valence-corrected chi connectivity index (χ3v) is 8.25. The molecular weight excluding hydrogens is 506 g/mol. The van der Waals surface area contributed by atoms with Crippen molar-refractivity contribution in [1.29, 1.82) is 0 Å². The molecule has 0 aromatic heterocycles. The minimum Gasteiger partial charge on any atom is -0.508 e. The minimum absolute atomic E-state index is 0.0238. The number of aryl methyl sites for hydroxylation is 1. The van der Waals surface area contributed by atoms with Crippen LogP contribution in [-0.4, -0.2) is 36.6 Å². The molecule has 0 bridgehead atoms. The number of nitrogens with zero attached hydrogens (tertiary/aromatic N) is 1. The Morgan fingerprint density at radius 3 is 2.08 bits per heavy atom. The lowest BCUT2D eigenvalue weighted by molar-refractivity contribution is 0.108. The van der Waals surface area contributed by atoms with Crippen LogP contribution in [0.5, 0.6) is 5.75 Å². The van der Waals surface area contributed by atoms with E-state index in [1.807, 2.05) is 42.5 Å². The number of hydrogen-bond acceptors (Lipinski definition) is 5. The quantitative estimate of drug-likeness (QED) is 0.244. The first-order chi connectivity index (χ1) is 17.8. The normalized spacial score (nSPS) is 12.5. The molecular formula is C30H30ClNO4S. The summed E-state index contributed by atoms with van der Waals surface area (Å²) in [6, 6.07) is 29.9. The summed E-state index contributed by atoms with van der Waals surface area (Å²) in [6.45, 7) is 1.95. The highest BCUT2D eigenvalue weighted by atomic mass is 35.5. The maximum Gasteiger partial charge on any atom is 0.206 e. The summed E-state index contributed by atoms with van der Waals surface area (Å²) < 4.78 is 25.7. The molecule has 7 heteroatoms. The van der Waals surface area contributed by atoms with Gasteiger partial charge in [0.05, 0.1) is 15.9 Å². The average molecular weight is 536 g/mol. The van der Waals surface area contributed by atoms with Gasteiger partial charge in [-0.1, -0.05) is 66.2 Å². The molecule has 0 aliphatic heterocycles. The number of rotatable bonds is 11. The van der Waals surface area contributed by atoms with Crippen LogP contribution in [0, 0.1) is 0 Å². The molecule has 0 radical (unpaired) electrons. The fourth-order valence-electron chi connectivity index (χ4n) is 4.24. The molecule has 5 nitrogen and oxygen atoms in total. The van der Waals surface area contributed by atoms with E-state index in [0.29, 0.717) is 18.1 Å². The van der Waals surface area contributed by atoms with Crippen molar-refractivity contribution in [2.45, 2.75) is 35.3 Å². The largest absolute Gasteiger partial charge is 0.508 e. The lowest BCUT2D eigenvalue weighted by atomic mass is 10.1. The van der Waals surface area contributed by atoms with Crippen molar-refractivity contribution in [3.8, 4) is 5.75 Å². The zero-order valence-electron chi connectivity index (χ0n) is 20.4. The number of sulfone groups is 1. The molecule has 0 fully saturated rings. The lowest BCUT2D eigenvalue weighted by Crippen LogP contribution is -2.29. The Labute approximate surface area is 223 Å². The van der Waals surface area contributed by atoms with Crippen LogP contribution in [0.15, 0.2) is 113 Å². The Morgan fingerprint density at radius 1 is 0.784 bits per heavy atom. The summed E-state index contributed by atoms with van der Waals surface area (Å²) in [5, 5.41) is 20.9. The molecule has 192 valence electrons. The van der Waals surface area contributed by atoms with Gasteiger partial charge in [0.25, 0.3) is 0 Å². The zero-order chi connectivity index (χ0) is 26.3. The molecule has 0 saturated heterocycles. The molecule has 0 amide bonds. The summed E-state index contributed by atoms with van der Waals surface area (Å²) in [4.78, 5) is 2.59. The summed E-state index contributed by atoms with van der Waals surface area (Å²) in [7, 11) is -3.64. The Hall–Kier alpha value is -3.16. The standard InChI is InChI=1S/C30H30ClNO4S/c31-26-10-4-9-25(20-26)30(34)22-32(21-24-6-2-1-3-7-24)19-5-8-23-11-15-28(16-12-23)37(35,36)29-17-13-27(33)14-18-29/h1-4,6-7,9-18,20,30,33-34H,5,8,19,21-22H2. The van der Waals surface area contributed by atoms with Gasteiger partial charge in [0, 0.05) is 18.1 Å². The monoisotopic (exact) mass is 535 g/mol. The van der Waals surface area contributed by atoms with Gasteiger partial charge in [-0.15, -0.1) is 0 Å². The number of benzene rings is 4. The van der Waals surface area contributed by atoms with Gasteiger partial charge >= 0.3 is 0 Å². The molecule has 4 aromatic rings. The van der Waals surface area contributed by atoms with E-state index in [1.54, 1.807) is 24.3 Å². The average Bonchev–Trinajstić information content (AvgIpc) is 2.90. The number of halogens is 1. The lowest BCUT2D eigenvalue weighted by Gasteiger charge is -2.25. The van der Waals surface area contributed by atoms with Gasteiger partial charge in [0.2, 0.25) is 9.84 Å². The van der Waals surface area contributed by atoms with Crippen LogP contribution in [0.3, 0.4) is 0 Å². The second-order valence-corrected chi connectivity index (χ2v) is 11.4. The van der Waals surface area contributed by atoms with Gasteiger partial charge in [-0.3, -0.25) is 4.90 Å². The van der Waals surface area contributed by atoms with Crippen LogP contribution < -0.4 is 0 Å². The van der Waals surface area contributed by atoms with Gasteiger partial charge in [-0.05, 0) is 84.6 Å². The van der Waals surface area contributed by atoms with E-state index in [2.05, 4.69) is 17.0 Å². The molecule has 2 N–H and O–H groups in total. The van der Waals surface area contributed by atoms with Crippen molar-refractivity contribution in [3.63, 3.8) is 0 Å². The number of aliphatic hydroxyl groups is 1. The Kier molecular flexibility index (Phi) is 9.00. The van der Waals surface area contributed by atoms with Crippen LogP contribution in [0.2, 0.25) is 5.02 Å². The molecule has 1 atom stereocenters. The summed E-state index contributed by atoms with van der Waals surface area (Å²) in [6.07, 6.45) is 0.962. The van der Waals surface area contributed by atoms with Gasteiger partial charge in [-0.2, -0.15) is 0 Å². The predicted octanol–water partition coefficient (Wildman–Crippen LogP) is 6.05. The third kappa shape index (κ3) is 7.43. The van der Waals surface area contributed by atoms with Gasteiger partial charge in [0.1, 0.15) is 5.75 Å². The highest BCUT2D eigenvalue weighted by Crippen LogP contribution is 2.24. The van der Waals surface area contributed by atoms with Crippen LogP contribution in [-0.2, 0) is 22.8 Å². The molecule has 37 heavy (non-hydrogen) atoms. The second kappa shape index (κ2) is 12.4. The third-order valence-electron chi connectivity index (χ3n) is 6.23. The van der Waals surface area contributed by atoms with Crippen molar-refractivity contribution in [1.82, 2.24) is 4.90 Å². The molecule has 4 rings (SSSR count). The van der Waals surface area contributed by atoms with E-state index in [-0.39, 0.29) is 15.5 Å². The Balaban J connectivity index is 1.39. The van der Waals surface area contributed by atoms with E-state index < -0.39 is 15.9 Å². The zero-order valence-corrected chi connectivity index (χ0v) is 21.9. The van der Waals surface area contributed by atoms with Crippen molar-refractivity contribution in [3.05, 3.63) is 125 Å². The first kappa shape index (κ1) is 26.9. The fraction of sp³-hybridized carbons (Fsp3) is 0.200. The number of aliphatic hydroxyl groups excluding tert-OH is 1. The highest BCUT2D eigenvalue weighted by Gasteiger charge is 2.18. The first-order valence-corrected chi connectivity index (χ1v) is 14.0. The topological polar surface area (TPSA) is 77.8 Å². The summed E-state index contributed by atoms with van der Waals surface area (Å²) in [5.41, 5.74) is 3.00. The van der Waals surface area contributed by atoms with Crippen LogP contribution in [0.25, 0.3) is 0 Å². The van der Waals surface area contributed by atoms with Crippen molar-refractivity contribution in [2.24, 2.45) is 0 Å². The van der Waals surface area contributed by atoms with E-state index in [1.165, 1.54) is 29.8 Å². The van der Waals surface area contributed by atoms with E-state index in [0.717, 1.165) is 30.5 Å². The maximum atomic E-state index is 12.9.